The van der Waals surface area contributed by atoms with E-state index < -0.39 is 11.8 Å². The lowest BCUT2D eigenvalue weighted by Gasteiger charge is -2.15. The van der Waals surface area contributed by atoms with Gasteiger partial charge in [-0.2, -0.15) is 0 Å². The van der Waals surface area contributed by atoms with Gasteiger partial charge >= 0.3 is 11.8 Å². The van der Waals surface area contributed by atoms with Crippen molar-refractivity contribution < 1.29 is 14.3 Å². The lowest BCUT2D eigenvalue weighted by molar-refractivity contribution is -0.136. The Bertz CT molecular complexity index is 954. The normalized spacial score (nSPS) is 11.6. The molecule has 0 radical (unpaired) electrons. The van der Waals surface area contributed by atoms with Crippen LogP contribution < -0.4 is 15.4 Å². The summed E-state index contributed by atoms with van der Waals surface area (Å²) < 4.78 is 5.40. The van der Waals surface area contributed by atoms with Crippen molar-refractivity contribution in [1.82, 2.24) is 10.3 Å². The second-order valence-corrected chi connectivity index (χ2v) is 6.06. The maximum absolute atomic E-state index is 12.2. The standard InChI is InChI=1S/C21H21N3O3/c1-3-27-18-9-6-15(7-10-18)14(2)23-20(25)21(26)24-17-8-11-19-16(13-17)5-4-12-22-19/h4-14H,3H2,1-2H3,(H,23,25)(H,24,26)/t14-/m1/s1. The molecular formula is C21H21N3O3. The van der Waals surface area contributed by atoms with E-state index in [2.05, 4.69) is 15.6 Å². The van der Waals surface area contributed by atoms with Gasteiger partial charge in [0.2, 0.25) is 0 Å². The number of carbonyl (C=O) groups excluding carboxylic acids is 2. The van der Waals surface area contributed by atoms with Gasteiger partial charge in [0.15, 0.2) is 0 Å². The fourth-order valence-corrected chi connectivity index (χ4v) is 2.71. The molecule has 2 N–H and O–H groups in total. The lowest BCUT2D eigenvalue weighted by Crippen LogP contribution is -2.36. The molecule has 6 nitrogen and oxygen atoms in total. The SMILES string of the molecule is CCOc1ccc([C@@H](C)NC(=O)C(=O)Nc2ccc3ncccc3c2)cc1. The monoisotopic (exact) mass is 363 g/mol. The molecule has 3 aromatic rings. The highest BCUT2D eigenvalue weighted by molar-refractivity contribution is 6.39. The van der Waals surface area contributed by atoms with Gasteiger partial charge in [0.05, 0.1) is 18.2 Å². The quantitative estimate of drug-likeness (QED) is 0.681. The number of rotatable bonds is 5. The molecule has 6 heteroatoms. The van der Waals surface area contributed by atoms with E-state index >= 15 is 0 Å². The summed E-state index contributed by atoms with van der Waals surface area (Å²) in [6.07, 6.45) is 1.70. The number of fused-ring (bicyclic) bond motifs is 1. The van der Waals surface area contributed by atoms with Crippen LogP contribution in [0.25, 0.3) is 10.9 Å². The number of anilines is 1. The predicted octanol–water partition coefficient (Wildman–Crippen LogP) is 3.45. The third-order valence-electron chi connectivity index (χ3n) is 4.11. The molecular weight excluding hydrogens is 342 g/mol. The zero-order valence-electron chi connectivity index (χ0n) is 15.2. The highest BCUT2D eigenvalue weighted by Crippen LogP contribution is 2.19. The maximum atomic E-state index is 12.2. The van der Waals surface area contributed by atoms with Crippen molar-refractivity contribution in [3.63, 3.8) is 0 Å². The van der Waals surface area contributed by atoms with E-state index in [1.807, 2.05) is 50.2 Å². The summed E-state index contributed by atoms with van der Waals surface area (Å²) in [5, 5.41) is 6.21. The molecule has 0 fully saturated rings. The smallest absolute Gasteiger partial charge is 0.313 e. The van der Waals surface area contributed by atoms with Crippen molar-refractivity contribution in [2.24, 2.45) is 0 Å². The molecule has 1 aromatic heterocycles. The molecule has 0 saturated carbocycles. The first-order chi connectivity index (χ1) is 13.1. The van der Waals surface area contributed by atoms with Gasteiger partial charge in [-0.15, -0.1) is 0 Å². The van der Waals surface area contributed by atoms with Gasteiger partial charge in [0, 0.05) is 17.3 Å². The zero-order chi connectivity index (χ0) is 19.2. The predicted molar refractivity (Wildman–Crippen MR) is 105 cm³/mol. The molecule has 1 heterocycles. The molecule has 3 rings (SSSR count). The van der Waals surface area contributed by atoms with Crippen molar-refractivity contribution in [3.8, 4) is 5.75 Å². The lowest BCUT2D eigenvalue weighted by atomic mass is 10.1. The van der Waals surface area contributed by atoms with Crippen molar-refractivity contribution in [1.29, 1.82) is 0 Å². The Morgan fingerprint density at radius 3 is 2.59 bits per heavy atom. The zero-order valence-corrected chi connectivity index (χ0v) is 15.2. The van der Waals surface area contributed by atoms with Crippen molar-refractivity contribution in [2.75, 3.05) is 11.9 Å². The molecule has 138 valence electrons. The average molecular weight is 363 g/mol. The molecule has 0 aliphatic heterocycles. The Kier molecular flexibility index (Phi) is 5.66. The van der Waals surface area contributed by atoms with Gasteiger partial charge in [-0.25, -0.2) is 0 Å². The van der Waals surface area contributed by atoms with E-state index in [-0.39, 0.29) is 6.04 Å². The Balaban J connectivity index is 1.61. The molecule has 0 aliphatic rings. The highest BCUT2D eigenvalue weighted by Gasteiger charge is 2.17. The fourth-order valence-electron chi connectivity index (χ4n) is 2.71. The van der Waals surface area contributed by atoms with Gasteiger partial charge in [0.25, 0.3) is 0 Å². The second-order valence-electron chi connectivity index (χ2n) is 6.06. The van der Waals surface area contributed by atoms with E-state index in [0.717, 1.165) is 22.2 Å². The Morgan fingerprint density at radius 2 is 1.85 bits per heavy atom. The van der Waals surface area contributed by atoms with Crippen LogP contribution in [-0.2, 0) is 9.59 Å². The summed E-state index contributed by atoms with van der Waals surface area (Å²) >= 11 is 0. The van der Waals surface area contributed by atoms with Crippen LogP contribution in [0.5, 0.6) is 5.75 Å². The van der Waals surface area contributed by atoms with E-state index in [9.17, 15) is 9.59 Å². The molecule has 0 spiro atoms. The van der Waals surface area contributed by atoms with Gasteiger partial charge in [-0.05, 0) is 55.8 Å². The number of amides is 2. The Labute approximate surface area is 157 Å². The number of ether oxygens (including phenoxy) is 1. The van der Waals surface area contributed by atoms with E-state index in [0.29, 0.717) is 12.3 Å². The van der Waals surface area contributed by atoms with Gasteiger partial charge in [-0.1, -0.05) is 18.2 Å². The number of hydrogen-bond acceptors (Lipinski definition) is 4. The number of carbonyl (C=O) groups is 2. The van der Waals surface area contributed by atoms with Gasteiger partial charge in [-0.3, -0.25) is 14.6 Å². The number of nitrogens with one attached hydrogen (secondary N) is 2. The minimum absolute atomic E-state index is 0.306. The summed E-state index contributed by atoms with van der Waals surface area (Å²) in [5.41, 5.74) is 2.25. The summed E-state index contributed by atoms with van der Waals surface area (Å²) in [6.45, 7) is 4.33. The van der Waals surface area contributed by atoms with Gasteiger partial charge < -0.3 is 15.4 Å². The molecule has 0 aliphatic carbocycles. The molecule has 1 atom stereocenters. The number of aromatic nitrogens is 1. The molecule has 2 aromatic carbocycles. The molecule has 2 amide bonds. The van der Waals surface area contributed by atoms with Crippen LogP contribution in [0.3, 0.4) is 0 Å². The van der Waals surface area contributed by atoms with Crippen molar-refractivity contribution in [3.05, 3.63) is 66.4 Å². The third kappa shape index (κ3) is 4.61. The van der Waals surface area contributed by atoms with E-state index in [4.69, 9.17) is 4.74 Å². The number of benzene rings is 2. The highest BCUT2D eigenvalue weighted by atomic mass is 16.5. The number of hydrogen-bond donors (Lipinski definition) is 2. The first-order valence-electron chi connectivity index (χ1n) is 8.76. The van der Waals surface area contributed by atoms with Gasteiger partial charge in [0.1, 0.15) is 5.75 Å². The molecule has 27 heavy (non-hydrogen) atoms. The topological polar surface area (TPSA) is 80.3 Å². The van der Waals surface area contributed by atoms with Crippen LogP contribution in [0.15, 0.2) is 60.8 Å². The molecule has 0 unspecified atom stereocenters. The number of nitrogens with zero attached hydrogens (tertiary/aromatic N) is 1. The number of pyridine rings is 1. The summed E-state index contributed by atoms with van der Waals surface area (Å²) in [5.74, 6) is -0.637. The maximum Gasteiger partial charge on any atom is 0.313 e. The summed E-state index contributed by atoms with van der Waals surface area (Å²) in [4.78, 5) is 28.6. The van der Waals surface area contributed by atoms with Crippen molar-refractivity contribution >= 4 is 28.4 Å². The van der Waals surface area contributed by atoms with Crippen LogP contribution in [-0.4, -0.2) is 23.4 Å². The fraction of sp³-hybridized carbons (Fsp3) is 0.190. The Hall–Kier alpha value is -3.41. The van der Waals surface area contributed by atoms with E-state index in [1.54, 1.807) is 24.4 Å². The van der Waals surface area contributed by atoms with Crippen LogP contribution in [0.1, 0.15) is 25.5 Å². The average Bonchev–Trinajstić information content (AvgIpc) is 2.68. The van der Waals surface area contributed by atoms with Crippen LogP contribution in [0.2, 0.25) is 0 Å². The van der Waals surface area contributed by atoms with Crippen LogP contribution in [0, 0.1) is 0 Å². The van der Waals surface area contributed by atoms with Crippen LogP contribution >= 0.6 is 0 Å². The van der Waals surface area contributed by atoms with Crippen molar-refractivity contribution in [2.45, 2.75) is 19.9 Å². The summed E-state index contributed by atoms with van der Waals surface area (Å²) in [6, 6.07) is 16.1. The third-order valence-corrected chi connectivity index (χ3v) is 4.11. The van der Waals surface area contributed by atoms with E-state index in [1.165, 1.54) is 0 Å². The molecule has 0 bridgehead atoms. The Morgan fingerprint density at radius 1 is 1.07 bits per heavy atom. The minimum atomic E-state index is -0.712. The largest absolute Gasteiger partial charge is 0.494 e. The molecule has 0 saturated heterocycles. The first kappa shape index (κ1) is 18.4. The first-order valence-corrected chi connectivity index (χ1v) is 8.76. The van der Waals surface area contributed by atoms with Crippen LogP contribution in [0.4, 0.5) is 5.69 Å². The summed E-state index contributed by atoms with van der Waals surface area (Å²) in [7, 11) is 0. The second kappa shape index (κ2) is 8.31. The minimum Gasteiger partial charge on any atom is -0.494 e.